The van der Waals surface area contributed by atoms with Crippen molar-refractivity contribution in [2.45, 2.75) is 32.9 Å². The fraction of sp³-hybridized carbons (Fsp3) is 0.269. The molecule has 4 rings (SSSR count). The molecule has 0 aliphatic carbocycles. The normalized spacial score (nSPS) is 14.5. The second-order valence-corrected chi connectivity index (χ2v) is 8.77. The molecular weight excluding hydrogens is 445 g/mol. The first-order chi connectivity index (χ1) is 16.0. The van der Waals surface area contributed by atoms with Gasteiger partial charge in [0.25, 0.3) is 5.91 Å². The third kappa shape index (κ3) is 4.04. The molecule has 178 valence electrons. The molecular formula is C26H25F3N2O3. The molecule has 3 aromatic carbocycles. The summed E-state index contributed by atoms with van der Waals surface area (Å²) in [6.07, 6.45) is 0. The molecule has 5 nitrogen and oxygen atoms in total. The van der Waals surface area contributed by atoms with Crippen molar-refractivity contribution in [1.29, 1.82) is 0 Å². The number of methoxy groups -OCH3 is 1. The van der Waals surface area contributed by atoms with Gasteiger partial charge in [0.15, 0.2) is 11.6 Å². The molecule has 34 heavy (non-hydrogen) atoms. The van der Waals surface area contributed by atoms with Crippen LogP contribution < -0.4 is 19.7 Å². The molecule has 0 fully saturated rings. The van der Waals surface area contributed by atoms with E-state index >= 15 is 0 Å². The lowest BCUT2D eigenvalue weighted by molar-refractivity contribution is -0.121. The Labute approximate surface area is 196 Å². The maximum Gasteiger partial charge on any atom is 0.251 e. The van der Waals surface area contributed by atoms with Crippen molar-refractivity contribution in [3.8, 4) is 22.6 Å². The summed E-state index contributed by atoms with van der Waals surface area (Å²) < 4.78 is 53.8. The number of amides is 1. The Kier molecular flexibility index (Phi) is 5.93. The zero-order chi connectivity index (χ0) is 24.8. The largest absolute Gasteiger partial charge is 0.493 e. The number of halogens is 3. The van der Waals surface area contributed by atoms with E-state index in [2.05, 4.69) is 5.32 Å². The fourth-order valence-corrected chi connectivity index (χ4v) is 4.28. The van der Waals surface area contributed by atoms with E-state index < -0.39 is 23.0 Å². The molecule has 3 aromatic rings. The average molecular weight is 470 g/mol. The minimum atomic E-state index is -0.858. The second-order valence-electron chi connectivity index (χ2n) is 8.77. The minimum Gasteiger partial charge on any atom is -0.493 e. The monoisotopic (exact) mass is 470 g/mol. The van der Waals surface area contributed by atoms with Crippen molar-refractivity contribution in [2.24, 2.45) is 0 Å². The molecule has 0 aromatic heterocycles. The molecule has 0 saturated heterocycles. The van der Waals surface area contributed by atoms with Gasteiger partial charge in [-0.05, 0) is 50.1 Å². The van der Waals surface area contributed by atoms with Gasteiger partial charge in [0.2, 0.25) is 0 Å². The number of likely N-dealkylation sites (N-methyl/N-ethyl adjacent to an activating group) is 1. The highest BCUT2D eigenvalue weighted by molar-refractivity contribution is 6.08. The van der Waals surface area contributed by atoms with Gasteiger partial charge >= 0.3 is 0 Å². The fourth-order valence-electron chi connectivity index (χ4n) is 4.28. The Balaban J connectivity index is 1.93. The topological polar surface area (TPSA) is 50.8 Å². The van der Waals surface area contributed by atoms with Crippen molar-refractivity contribution in [3.63, 3.8) is 0 Å². The maximum atomic E-state index is 14.5. The van der Waals surface area contributed by atoms with E-state index in [1.165, 1.54) is 30.2 Å². The zero-order valence-corrected chi connectivity index (χ0v) is 19.6. The van der Waals surface area contributed by atoms with Crippen LogP contribution in [0.4, 0.5) is 24.5 Å². The van der Waals surface area contributed by atoms with Gasteiger partial charge in [-0.1, -0.05) is 12.1 Å². The molecule has 1 aliphatic heterocycles. The van der Waals surface area contributed by atoms with Gasteiger partial charge in [0.1, 0.15) is 29.5 Å². The molecule has 0 unspecified atom stereocenters. The van der Waals surface area contributed by atoms with Gasteiger partial charge in [-0.2, -0.15) is 0 Å². The lowest BCUT2D eigenvalue weighted by atomic mass is 9.91. The van der Waals surface area contributed by atoms with Gasteiger partial charge in [0.05, 0.1) is 18.5 Å². The summed E-state index contributed by atoms with van der Waals surface area (Å²) in [6, 6.07) is 9.54. The Morgan fingerprint density at radius 2 is 1.74 bits per heavy atom. The Morgan fingerprint density at radius 1 is 1.00 bits per heavy atom. The standard InChI is InChI=1S/C26H25F3N2O3/c1-14-6-7-15(27)12-22(14)34-13-19-17(18-10-16(28)11-20(29)24(18)33-5)8-9-21-23(19)31(4)25(32)26(2,3)30-21/h6-12,30H,13H2,1-5H3. The lowest BCUT2D eigenvalue weighted by Crippen LogP contribution is -2.52. The molecule has 1 heterocycles. The third-order valence-electron chi connectivity index (χ3n) is 5.93. The highest BCUT2D eigenvalue weighted by Gasteiger charge is 2.39. The molecule has 1 N–H and O–H groups in total. The van der Waals surface area contributed by atoms with E-state index in [9.17, 15) is 18.0 Å². The number of rotatable bonds is 5. The van der Waals surface area contributed by atoms with Crippen molar-refractivity contribution >= 4 is 17.3 Å². The van der Waals surface area contributed by atoms with E-state index in [-0.39, 0.29) is 23.8 Å². The predicted molar refractivity (Wildman–Crippen MR) is 125 cm³/mol. The van der Waals surface area contributed by atoms with Crippen LogP contribution in [0.5, 0.6) is 11.5 Å². The van der Waals surface area contributed by atoms with Crippen LogP contribution in [0.3, 0.4) is 0 Å². The van der Waals surface area contributed by atoms with Crippen LogP contribution in [0.25, 0.3) is 11.1 Å². The number of ether oxygens (including phenoxy) is 2. The predicted octanol–water partition coefficient (Wildman–Crippen LogP) is 5.83. The van der Waals surface area contributed by atoms with Gasteiger partial charge in [-0.25, -0.2) is 13.2 Å². The first-order valence-electron chi connectivity index (χ1n) is 10.7. The van der Waals surface area contributed by atoms with Crippen molar-refractivity contribution in [3.05, 3.63) is 71.0 Å². The summed E-state index contributed by atoms with van der Waals surface area (Å²) in [4.78, 5) is 14.5. The van der Waals surface area contributed by atoms with Crippen LogP contribution in [0, 0.1) is 24.4 Å². The molecule has 0 radical (unpaired) electrons. The number of anilines is 2. The smallest absolute Gasteiger partial charge is 0.251 e. The third-order valence-corrected chi connectivity index (χ3v) is 5.93. The van der Waals surface area contributed by atoms with Gasteiger partial charge in [-0.15, -0.1) is 0 Å². The number of carbonyl (C=O) groups excluding carboxylic acids is 1. The van der Waals surface area contributed by atoms with E-state index in [4.69, 9.17) is 9.47 Å². The van der Waals surface area contributed by atoms with Crippen LogP contribution in [0.1, 0.15) is 25.0 Å². The van der Waals surface area contributed by atoms with Crippen LogP contribution in [-0.2, 0) is 11.4 Å². The van der Waals surface area contributed by atoms with E-state index in [0.717, 1.165) is 6.07 Å². The number of nitrogens with one attached hydrogen (secondary N) is 1. The van der Waals surface area contributed by atoms with Gasteiger partial charge < -0.3 is 19.7 Å². The van der Waals surface area contributed by atoms with Crippen molar-refractivity contribution < 1.29 is 27.4 Å². The average Bonchev–Trinajstić information content (AvgIpc) is 2.77. The number of carbonyl (C=O) groups is 1. The quantitative estimate of drug-likeness (QED) is 0.510. The minimum absolute atomic E-state index is 0.0934. The molecule has 0 saturated carbocycles. The summed E-state index contributed by atoms with van der Waals surface area (Å²) in [5.74, 6) is -2.10. The summed E-state index contributed by atoms with van der Waals surface area (Å²) in [5.41, 5.74) is 2.09. The van der Waals surface area contributed by atoms with Crippen molar-refractivity contribution in [2.75, 3.05) is 24.4 Å². The highest BCUT2D eigenvalue weighted by atomic mass is 19.1. The van der Waals surface area contributed by atoms with Crippen LogP contribution in [-0.4, -0.2) is 25.6 Å². The summed E-state index contributed by atoms with van der Waals surface area (Å²) >= 11 is 0. The van der Waals surface area contributed by atoms with Gasteiger partial charge in [-0.3, -0.25) is 4.79 Å². The molecule has 0 bridgehead atoms. The van der Waals surface area contributed by atoms with E-state index in [1.807, 2.05) is 0 Å². The van der Waals surface area contributed by atoms with Crippen molar-refractivity contribution in [1.82, 2.24) is 0 Å². The first kappa shape index (κ1) is 23.5. The number of nitrogens with zero attached hydrogens (tertiary/aromatic N) is 1. The van der Waals surface area contributed by atoms with Gasteiger partial charge in [0, 0.05) is 30.3 Å². The highest BCUT2D eigenvalue weighted by Crippen LogP contribution is 2.45. The number of hydrogen-bond donors (Lipinski definition) is 1. The van der Waals surface area contributed by atoms with Crippen LogP contribution >= 0.6 is 0 Å². The van der Waals surface area contributed by atoms with E-state index in [1.54, 1.807) is 46.0 Å². The molecule has 1 aliphatic rings. The second kappa shape index (κ2) is 8.59. The first-order valence-corrected chi connectivity index (χ1v) is 10.7. The Hall–Kier alpha value is -3.68. The summed E-state index contributed by atoms with van der Waals surface area (Å²) in [5, 5.41) is 3.22. The number of hydrogen-bond acceptors (Lipinski definition) is 4. The molecule has 8 heteroatoms. The Morgan fingerprint density at radius 3 is 2.44 bits per heavy atom. The van der Waals surface area contributed by atoms with E-state index in [0.29, 0.717) is 33.8 Å². The SMILES string of the molecule is COc1c(F)cc(F)cc1-c1ccc2c(c1COc1cc(F)ccc1C)N(C)C(=O)C(C)(C)N2. The summed E-state index contributed by atoms with van der Waals surface area (Å²) in [7, 11) is 2.93. The number of fused-ring (bicyclic) bond motifs is 1. The van der Waals surface area contributed by atoms with Crippen LogP contribution in [0.2, 0.25) is 0 Å². The molecule has 1 amide bonds. The number of benzene rings is 3. The lowest BCUT2D eigenvalue weighted by Gasteiger charge is -2.39. The Bertz CT molecular complexity index is 1290. The number of aryl methyl sites for hydroxylation is 1. The zero-order valence-electron chi connectivity index (χ0n) is 19.6. The molecule has 0 atom stereocenters. The maximum absolute atomic E-state index is 14.5. The summed E-state index contributed by atoms with van der Waals surface area (Å²) in [6.45, 7) is 5.21. The molecule has 0 spiro atoms. The van der Waals surface area contributed by atoms with Crippen LogP contribution in [0.15, 0.2) is 42.5 Å².